The van der Waals surface area contributed by atoms with Crippen LogP contribution in [0.1, 0.15) is 12.0 Å². The molecule has 0 saturated carbocycles. The van der Waals surface area contributed by atoms with Gasteiger partial charge in [0, 0.05) is 18.1 Å². The topological polar surface area (TPSA) is 80.2 Å². The molecular formula is C12H11ClNO5-. The summed E-state index contributed by atoms with van der Waals surface area (Å²) in [5, 5.41) is 14.8. The van der Waals surface area contributed by atoms with E-state index < -0.39 is 12.1 Å². The van der Waals surface area contributed by atoms with Crippen LogP contribution in [0.4, 0.5) is 0 Å². The van der Waals surface area contributed by atoms with E-state index in [1.165, 1.54) is 14.2 Å². The molecule has 0 amide bonds. The summed E-state index contributed by atoms with van der Waals surface area (Å²) in [6.07, 6.45) is -0.984. The van der Waals surface area contributed by atoms with Crippen LogP contribution in [-0.2, 0) is 9.63 Å². The molecule has 0 radical (unpaired) electrons. The van der Waals surface area contributed by atoms with Gasteiger partial charge in [-0.25, -0.2) is 0 Å². The largest absolute Gasteiger partial charge is 0.546 e. The third-order valence-electron chi connectivity index (χ3n) is 2.72. The Bertz CT molecular complexity index is 543. The fraction of sp³-hybridized carbons (Fsp3) is 0.333. The Balaban J connectivity index is 2.35. The Morgan fingerprint density at radius 2 is 2.11 bits per heavy atom. The molecule has 0 saturated heterocycles. The average molecular weight is 285 g/mol. The van der Waals surface area contributed by atoms with E-state index in [9.17, 15) is 9.90 Å². The van der Waals surface area contributed by atoms with Crippen molar-refractivity contribution in [3.05, 3.63) is 22.7 Å². The summed E-state index contributed by atoms with van der Waals surface area (Å²) in [6.45, 7) is 0. The van der Waals surface area contributed by atoms with E-state index in [-0.39, 0.29) is 6.42 Å². The number of carboxylic acids is 1. The van der Waals surface area contributed by atoms with Crippen LogP contribution in [0.5, 0.6) is 11.5 Å². The molecule has 7 heteroatoms. The highest BCUT2D eigenvalue weighted by molar-refractivity contribution is 6.32. The van der Waals surface area contributed by atoms with Crippen molar-refractivity contribution in [1.82, 2.24) is 0 Å². The van der Waals surface area contributed by atoms with Crippen LogP contribution in [-0.4, -0.2) is 32.0 Å². The van der Waals surface area contributed by atoms with E-state index in [1.54, 1.807) is 12.1 Å². The molecule has 1 aromatic carbocycles. The Morgan fingerprint density at radius 3 is 2.63 bits per heavy atom. The van der Waals surface area contributed by atoms with E-state index >= 15 is 0 Å². The standard InChI is InChI=1S/C12H12ClNO5/c1-17-9-5-10(18-2)7(13)3-6(9)8-4-11(12(15)16)19-14-8/h3,5,11H,4H2,1-2H3,(H,15,16)/p-1/t11-/m1/s1. The van der Waals surface area contributed by atoms with Crippen molar-refractivity contribution in [3.63, 3.8) is 0 Å². The summed E-state index contributed by atoms with van der Waals surface area (Å²) in [7, 11) is 2.97. The molecule has 1 aliphatic heterocycles. The maximum Gasteiger partial charge on any atom is 0.172 e. The maximum absolute atomic E-state index is 10.7. The zero-order chi connectivity index (χ0) is 14.0. The molecule has 1 atom stereocenters. The summed E-state index contributed by atoms with van der Waals surface area (Å²) >= 11 is 6.03. The molecule has 6 nitrogen and oxygen atoms in total. The van der Waals surface area contributed by atoms with Gasteiger partial charge in [-0.3, -0.25) is 0 Å². The summed E-state index contributed by atoms with van der Waals surface area (Å²) in [6, 6.07) is 3.20. The lowest BCUT2D eigenvalue weighted by Crippen LogP contribution is -2.35. The van der Waals surface area contributed by atoms with Gasteiger partial charge in [-0.15, -0.1) is 0 Å². The highest BCUT2D eigenvalue weighted by Crippen LogP contribution is 2.34. The number of carboxylic acid groups (broad SMARTS) is 1. The molecule has 19 heavy (non-hydrogen) atoms. The molecule has 2 rings (SSSR count). The number of ether oxygens (including phenoxy) is 2. The monoisotopic (exact) mass is 284 g/mol. The average Bonchev–Trinajstić information content (AvgIpc) is 2.88. The second-order valence-corrected chi connectivity index (χ2v) is 4.25. The van der Waals surface area contributed by atoms with Crippen molar-refractivity contribution in [2.45, 2.75) is 12.5 Å². The first-order valence-electron chi connectivity index (χ1n) is 5.42. The van der Waals surface area contributed by atoms with E-state index in [0.29, 0.717) is 27.8 Å². The number of aliphatic carboxylic acids is 1. The quantitative estimate of drug-likeness (QED) is 0.809. The molecule has 0 aliphatic carbocycles. The molecule has 0 fully saturated rings. The number of rotatable bonds is 4. The summed E-state index contributed by atoms with van der Waals surface area (Å²) < 4.78 is 10.3. The second kappa shape index (κ2) is 5.36. The Kier molecular flexibility index (Phi) is 3.80. The minimum Gasteiger partial charge on any atom is -0.546 e. The maximum atomic E-state index is 10.7. The van der Waals surface area contributed by atoms with Crippen LogP contribution >= 0.6 is 11.6 Å². The lowest BCUT2D eigenvalue weighted by molar-refractivity contribution is -0.315. The van der Waals surface area contributed by atoms with E-state index in [1.807, 2.05) is 0 Å². The van der Waals surface area contributed by atoms with E-state index in [0.717, 1.165) is 0 Å². The molecule has 1 aliphatic rings. The van der Waals surface area contributed by atoms with Crippen molar-refractivity contribution in [2.75, 3.05) is 14.2 Å². The molecule has 102 valence electrons. The lowest BCUT2D eigenvalue weighted by Gasteiger charge is -2.11. The van der Waals surface area contributed by atoms with Gasteiger partial charge in [-0.1, -0.05) is 16.8 Å². The Labute approximate surface area is 114 Å². The van der Waals surface area contributed by atoms with Gasteiger partial charge >= 0.3 is 0 Å². The molecule has 0 unspecified atom stereocenters. The number of benzene rings is 1. The van der Waals surface area contributed by atoms with Crippen LogP contribution in [0.25, 0.3) is 0 Å². The van der Waals surface area contributed by atoms with Crippen molar-refractivity contribution in [1.29, 1.82) is 0 Å². The van der Waals surface area contributed by atoms with Crippen molar-refractivity contribution < 1.29 is 24.2 Å². The van der Waals surface area contributed by atoms with Crippen LogP contribution < -0.4 is 14.6 Å². The first-order chi connectivity index (χ1) is 9.06. The predicted molar refractivity (Wildman–Crippen MR) is 65.6 cm³/mol. The number of nitrogens with zero attached hydrogens (tertiary/aromatic N) is 1. The van der Waals surface area contributed by atoms with Gasteiger partial charge in [0.1, 0.15) is 11.5 Å². The summed E-state index contributed by atoms with van der Waals surface area (Å²) in [4.78, 5) is 15.5. The molecule has 0 aromatic heterocycles. The number of carbonyl (C=O) groups is 1. The van der Waals surface area contributed by atoms with Crippen LogP contribution in [0.15, 0.2) is 17.3 Å². The Morgan fingerprint density at radius 1 is 1.42 bits per heavy atom. The zero-order valence-electron chi connectivity index (χ0n) is 10.3. The molecular weight excluding hydrogens is 274 g/mol. The fourth-order valence-corrected chi connectivity index (χ4v) is 1.99. The third-order valence-corrected chi connectivity index (χ3v) is 3.01. The molecule has 1 heterocycles. The Hall–Kier alpha value is -1.95. The number of carbonyl (C=O) groups excluding carboxylic acids is 1. The zero-order valence-corrected chi connectivity index (χ0v) is 11.1. The summed E-state index contributed by atoms with van der Waals surface area (Å²) in [5.41, 5.74) is 1.01. The highest BCUT2D eigenvalue weighted by atomic mass is 35.5. The van der Waals surface area contributed by atoms with Crippen LogP contribution in [0, 0.1) is 0 Å². The third kappa shape index (κ3) is 2.58. The predicted octanol–water partition coefficient (Wildman–Crippen LogP) is 0.600. The summed E-state index contributed by atoms with van der Waals surface area (Å²) in [5.74, 6) is -0.377. The van der Waals surface area contributed by atoms with Crippen LogP contribution in [0.3, 0.4) is 0 Å². The molecule has 0 spiro atoms. The number of hydrogen-bond donors (Lipinski definition) is 0. The van der Waals surface area contributed by atoms with Gasteiger partial charge in [-0.2, -0.15) is 0 Å². The number of oxime groups is 1. The van der Waals surface area contributed by atoms with Gasteiger partial charge in [0.2, 0.25) is 0 Å². The smallest absolute Gasteiger partial charge is 0.172 e. The number of methoxy groups -OCH3 is 2. The minimum absolute atomic E-state index is 0.0986. The second-order valence-electron chi connectivity index (χ2n) is 3.84. The molecule has 1 aromatic rings. The van der Waals surface area contributed by atoms with E-state index in [2.05, 4.69) is 5.16 Å². The molecule has 0 N–H and O–H groups in total. The van der Waals surface area contributed by atoms with E-state index in [4.69, 9.17) is 25.9 Å². The highest BCUT2D eigenvalue weighted by Gasteiger charge is 2.26. The van der Waals surface area contributed by atoms with Crippen LogP contribution in [0.2, 0.25) is 5.02 Å². The number of halogens is 1. The minimum atomic E-state index is -1.31. The van der Waals surface area contributed by atoms with Crippen molar-refractivity contribution >= 4 is 23.3 Å². The van der Waals surface area contributed by atoms with Gasteiger partial charge in [0.15, 0.2) is 6.10 Å². The van der Waals surface area contributed by atoms with Crippen molar-refractivity contribution in [3.8, 4) is 11.5 Å². The van der Waals surface area contributed by atoms with Gasteiger partial charge in [0.25, 0.3) is 0 Å². The first kappa shape index (κ1) is 13.5. The molecule has 0 bridgehead atoms. The number of hydrogen-bond acceptors (Lipinski definition) is 6. The normalized spacial score (nSPS) is 17.6. The van der Waals surface area contributed by atoms with Gasteiger partial charge < -0.3 is 24.2 Å². The fourth-order valence-electron chi connectivity index (χ4n) is 1.75. The van der Waals surface area contributed by atoms with Gasteiger partial charge in [0.05, 0.1) is 30.9 Å². The SMILES string of the molecule is COc1cc(OC)c(C2=NO[C@@H](C(=O)[O-])C2)cc1Cl. The van der Waals surface area contributed by atoms with Crippen molar-refractivity contribution in [2.24, 2.45) is 5.16 Å². The first-order valence-corrected chi connectivity index (χ1v) is 5.80. The van der Waals surface area contributed by atoms with Gasteiger partial charge in [-0.05, 0) is 6.07 Å². The lowest BCUT2D eigenvalue weighted by atomic mass is 10.0.